The molecule has 2 fully saturated rings. The number of ether oxygens (including phenoxy) is 3. The second-order valence-electron chi connectivity index (χ2n) is 8.94. The molecule has 0 aliphatic heterocycles. The predicted molar refractivity (Wildman–Crippen MR) is 118 cm³/mol. The van der Waals surface area contributed by atoms with Crippen LogP contribution in [0.2, 0.25) is 0 Å². The predicted octanol–water partition coefficient (Wildman–Crippen LogP) is 5.82. The molecule has 30 heavy (non-hydrogen) atoms. The Labute approximate surface area is 180 Å². The SMILES string of the molecule is CCC(C(=O)O)C(CC=CCC12CCC(CC1)C2)c1ccc(OC)c(OC)c1OC. The van der Waals surface area contributed by atoms with Crippen molar-refractivity contribution in [1.82, 2.24) is 0 Å². The number of benzene rings is 1. The molecular formula is C25H36O5. The number of hydrogen-bond acceptors (Lipinski definition) is 4. The summed E-state index contributed by atoms with van der Waals surface area (Å²) in [7, 11) is 4.74. The van der Waals surface area contributed by atoms with E-state index in [0.29, 0.717) is 35.5 Å². The van der Waals surface area contributed by atoms with E-state index in [9.17, 15) is 9.90 Å². The van der Waals surface area contributed by atoms with Gasteiger partial charge in [0.25, 0.3) is 0 Å². The Kier molecular flexibility index (Phi) is 7.32. The number of allylic oxidation sites excluding steroid dienone is 2. The van der Waals surface area contributed by atoms with Gasteiger partial charge in [-0.05, 0) is 68.8 Å². The molecule has 0 aromatic heterocycles. The fourth-order valence-electron chi connectivity index (χ4n) is 5.73. The largest absolute Gasteiger partial charge is 0.493 e. The van der Waals surface area contributed by atoms with Gasteiger partial charge in [0.15, 0.2) is 11.5 Å². The Hall–Kier alpha value is -2.17. The van der Waals surface area contributed by atoms with E-state index in [1.807, 2.05) is 19.1 Å². The zero-order valence-electron chi connectivity index (χ0n) is 18.8. The van der Waals surface area contributed by atoms with E-state index >= 15 is 0 Å². The highest BCUT2D eigenvalue weighted by Gasteiger charge is 2.43. The van der Waals surface area contributed by atoms with E-state index in [-0.39, 0.29) is 5.92 Å². The smallest absolute Gasteiger partial charge is 0.307 e. The molecule has 1 aromatic carbocycles. The molecule has 2 atom stereocenters. The molecule has 1 aromatic rings. The van der Waals surface area contributed by atoms with Gasteiger partial charge in [-0.2, -0.15) is 0 Å². The first-order valence-electron chi connectivity index (χ1n) is 11.1. The highest BCUT2D eigenvalue weighted by molar-refractivity contribution is 5.72. The molecule has 0 amide bonds. The molecule has 0 heterocycles. The minimum absolute atomic E-state index is 0.198. The van der Waals surface area contributed by atoms with Gasteiger partial charge in [0.2, 0.25) is 5.75 Å². The van der Waals surface area contributed by atoms with Crippen molar-refractivity contribution in [1.29, 1.82) is 0 Å². The molecule has 2 bridgehead atoms. The van der Waals surface area contributed by atoms with Crippen molar-refractivity contribution in [3.05, 3.63) is 29.8 Å². The van der Waals surface area contributed by atoms with Crippen molar-refractivity contribution in [2.24, 2.45) is 17.3 Å². The fourth-order valence-corrected chi connectivity index (χ4v) is 5.73. The number of carbonyl (C=O) groups is 1. The van der Waals surface area contributed by atoms with Crippen LogP contribution in [0.3, 0.4) is 0 Å². The van der Waals surface area contributed by atoms with Gasteiger partial charge in [-0.25, -0.2) is 0 Å². The van der Waals surface area contributed by atoms with Crippen LogP contribution in [-0.2, 0) is 4.79 Å². The Morgan fingerprint density at radius 2 is 1.83 bits per heavy atom. The summed E-state index contributed by atoms with van der Waals surface area (Å²) in [6.45, 7) is 1.93. The van der Waals surface area contributed by atoms with Crippen LogP contribution in [0.15, 0.2) is 24.3 Å². The fraction of sp³-hybridized carbons (Fsp3) is 0.640. The van der Waals surface area contributed by atoms with Crippen LogP contribution in [0.4, 0.5) is 0 Å². The van der Waals surface area contributed by atoms with Crippen LogP contribution in [0.25, 0.3) is 0 Å². The number of rotatable bonds is 11. The van der Waals surface area contributed by atoms with Crippen molar-refractivity contribution in [2.75, 3.05) is 21.3 Å². The van der Waals surface area contributed by atoms with E-state index in [4.69, 9.17) is 14.2 Å². The number of carboxylic acid groups (broad SMARTS) is 1. The normalized spacial score (nSPS) is 24.7. The van der Waals surface area contributed by atoms with Gasteiger partial charge < -0.3 is 19.3 Å². The van der Waals surface area contributed by atoms with Crippen molar-refractivity contribution < 1.29 is 24.1 Å². The average Bonchev–Trinajstić information content (AvgIpc) is 3.35. The molecule has 166 valence electrons. The van der Waals surface area contributed by atoms with E-state index in [1.54, 1.807) is 21.3 Å². The van der Waals surface area contributed by atoms with E-state index in [2.05, 4.69) is 12.2 Å². The summed E-state index contributed by atoms with van der Waals surface area (Å²) in [6, 6.07) is 3.75. The van der Waals surface area contributed by atoms with Crippen LogP contribution >= 0.6 is 0 Å². The summed E-state index contributed by atoms with van der Waals surface area (Å²) >= 11 is 0. The third-order valence-corrected chi connectivity index (χ3v) is 7.37. The van der Waals surface area contributed by atoms with Gasteiger partial charge >= 0.3 is 5.97 Å². The lowest BCUT2D eigenvalue weighted by Gasteiger charge is -2.26. The van der Waals surface area contributed by atoms with Gasteiger partial charge in [0.1, 0.15) is 0 Å². The first-order valence-corrected chi connectivity index (χ1v) is 11.1. The van der Waals surface area contributed by atoms with Gasteiger partial charge in [0.05, 0.1) is 27.2 Å². The second kappa shape index (κ2) is 9.76. The van der Waals surface area contributed by atoms with E-state index in [1.165, 1.54) is 32.1 Å². The van der Waals surface area contributed by atoms with Gasteiger partial charge in [-0.15, -0.1) is 0 Å². The molecule has 5 nitrogen and oxygen atoms in total. The summed E-state index contributed by atoms with van der Waals surface area (Å²) in [4.78, 5) is 12.0. The number of aliphatic carboxylic acids is 1. The van der Waals surface area contributed by atoms with Crippen molar-refractivity contribution in [2.45, 2.75) is 64.2 Å². The van der Waals surface area contributed by atoms with Gasteiger partial charge in [-0.1, -0.05) is 25.1 Å². The lowest BCUT2D eigenvalue weighted by molar-refractivity contribution is -0.142. The monoisotopic (exact) mass is 416 g/mol. The number of carboxylic acids is 1. The molecule has 0 radical (unpaired) electrons. The minimum Gasteiger partial charge on any atom is -0.493 e. The Balaban J connectivity index is 1.86. The van der Waals surface area contributed by atoms with E-state index in [0.717, 1.165) is 17.9 Å². The summed E-state index contributed by atoms with van der Waals surface area (Å²) in [5.74, 6) is 1.11. The maximum Gasteiger partial charge on any atom is 0.307 e. The first-order chi connectivity index (χ1) is 14.5. The Morgan fingerprint density at radius 1 is 1.13 bits per heavy atom. The molecule has 3 rings (SSSR count). The molecular weight excluding hydrogens is 380 g/mol. The van der Waals surface area contributed by atoms with Crippen LogP contribution in [0, 0.1) is 17.3 Å². The highest BCUT2D eigenvalue weighted by atomic mass is 16.5. The average molecular weight is 417 g/mol. The topological polar surface area (TPSA) is 65.0 Å². The summed E-state index contributed by atoms with van der Waals surface area (Å²) in [5.41, 5.74) is 1.36. The maximum absolute atomic E-state index is 12.0. The maximum atomic E-state index is 12.0. The lowest BCUT2D eigenvalue weighted by atomic mass is 9.79. The molecule has 2 saturated carbocycles. The van der Waals surface area contributed by atoms with Gasteiger partial charge in [0, 0.05) is 11.5 Å². The Morgan fingerprint density at radius 3 is 2.33 bits per heavy atom. The van der Waals surface area contributed by atoms with Crippen LogP contribution < -0.4 is 14.2 Å². The molecule has 2 unspecified atom stereocenters. The zero-order valence-corrected chi connectivity index (χ0v) is 18.8. The van der Waals surface area contributed by atoms with E-state index < -0.39 is 11.9 Å². The quantitative estimate of drug-likeness (QED) is 0.460. The van der Waals surface area contributed by atoms with Crippen molar-refractivity contribution in [3.8, 4) is 17.2 Å². The summed E-state index contributed by atoms with van der Waals surface area (Å²) in [6.07, 6.45) is 13.7. The Bertz CT molecular complexity index is 761. The summed E-state index contributed by atoms with van der Waals surface area (Å²) in [5, 5.41) is 9.89. The molecule has 1 N–H and O–H groups in total. The van der Waals surface area contributed by atoms with Crippen molar-refractivity contribution in [3.63, 3.8) is 0 Å². The minimum atomic E-state index is -0.777. The number of fused-ring (bicyclic) bond motifs is 2. The molecule has 2 aliphatic rings. The number of methoxy groups -OCH3 is 3. The zero-order chi connectivity index (χ0) is 21.7. The van der Waals surface area contributed by atoms with Crippen molar-refractivity contribution >= 4 is 5.97 Å². The summed E-state index contributed by atoms with van der Waals surface area (Å²) < 4.78 is 16.6. The van der Waals surface area contributed by atoms with Crippen LogP contribution in [0.5, 0.6) is 17.2 Å². The third-order valence-electron chi connectivity index (χ3n) is 7.37. The molecule has 2 aliphatic carbocycles. The van der Waals surface area contributed by atoms with Crippen LogP contribution in [0.1, 0.15) is 69.8 Å². The molecule has 5 heteroatoms. The first kappa shape index (κ1) is 22.5. The second-order valence-corrected chi connectivity index (χ2v) is 8.94. The highest BCUT2D eigenvalue weighted by Crippen LogP contribution is 2.56. The van der Waals surface area contributed by atoms with Gasteiger partial charge in [-0.3, -0.25) is 4.79 Å². The lowest BCUT2D eigenvalue weighted by Crippen LogP contribution is -2.22. The van der Waals surface area contributed by atoms with Crippen LogP contribution in [-0.4, -0.2) is 32.4 Å². The molecule has 0 spiro atoms. The number of hydrogen-bond donors (Lipinski definition) is 1. The third kappa shape index (κ3) is 4.45. The standard InChI is InChI=1S/C25H36O5/c1-5-18(24(26)27)19(8-6-7-13-25-14-11-17(16-25)12-15-25)20-9-10-21(28-2)23(30-4)22(20)29-3/h6-7,9-10,17-19H,5,8,11-16H2,1-4H3,(H,26,27). The molecule has 0 saturated heterocycles.